The van der Waals surface area contributed by atoms with Crippen LogP contribution in [-0.4, -0.2) is 37.0 Å². The van der Waals surface area contributed by atoms with Crippen molar-refractivity contribution in [2.24, 2.45) is 0 Å². The fraction of sp³-hybridized carbons (Fsp3) is 0.632. The molecule has 0 spiro atoms. The minimum absolute atomic E-state index is 0.0313. The monoisotopic (exact) mass is 302 g/mol. The second-order valence-corrected chi connectivity index (χ2v) is 7.54. The van der Waals surface area contributed by atoms with Gasteiger partial charge in [0.05, 0.1) is 6.54 Å². The molecule has 3 nitrogen and oxygen atoms in total. The summed E-state index contributed by atoms with van der Waals surface area (Å²) in [6.07, 6.45) is 3.70. The largest absolute Gasteiger partial charge is 0.314 e. The van der Waals surface area contributed by atoms with Gasteiger partial charge in [0.1, 0.15) is 0 Å². The van der Waals surface area contributed by atoms with Crippen LogP contribution >= 0.6 is 0 Å². The van der Waals surface area contributed by atoms with E-state index in [0.29, 0.717) is 12.6 Å². The van der Waals surface area contributed by atoms with Gasteiger partial charge in [-0.3, -0.25) is 9.69 Å². The Morgan fingerprint density at radius 3 is 2.59 bits per heavy atom. The lowest BCUT2D eigenvalue weighted by Gasteiger charge is -2.34. The molecular weight excluding hydrogens is 272 g/mol. The van der Waals surface area contributed by atoms with Crippen LogP contribution in [0, 0.1) is 0 Å². The van der Waals surface area contributed by atoms with Crippen molar-refractivity contribution in [1.82, 2.24) is 4.90 Å². The molecule has 1 amide bonds. The highest BCUT2D eigenvalue weighted by atomic mass is 16.2. The second-order valence-electron chi connectivity index (χ2n) is 7.54. The fourth-order valence-corrected chi connectivity index (χ4v) is 3.21. The molecule has 0 saturated carbocycles. The van der Waals surface area contributed by atoms with Gasteiger partial charge >= 0.3 is 0 Å². The Morgan fingerprint density at radius 2 is 1.95 bits per heavy atom. The van der Waals surface area contributed by atoms with Gasteiger partial charge in [-0.25, -0.2) is 0 Å². The van der Waals surface area contributed by atoms with Crippen molar-refractivity contribution in [3.63, 3.8) is 0 Å². The zero-order valence-corrected chi connectivity index (χ0v) is 14.7. The molecule has 3 heteroatoms. The van der Waals surface area contributed by atoms with Crippen molar-refractivity contribution in [3.05, 3.63) is 29.8 Å². The van der Waals surface area contributed by atoms with E-state index in [4.69, 9.17) is 0 Å². The SMILES string of the molecule is CC1CCCCN1CC(=O)N(C)c1ccccc1C(C)(C)C. The first-order valence-electron chi connectivity index (χ1n) is 8.41. The number of carbonyl (C=O) groups excluding carboxylic acids is 1. The summed E-state index contributed by atoms with van der Waals surface area (Å²) in [6.45, 7) is 10.4. The van der Waals surface area contributed by atoms with Gasteiger partial charge in [0.2, 0.25) is 5.91 Å². The van der Waals surface area contributed by atoms with E-state index in [0.717, 1.165) is 12.2 Å². The van der Waals surface area contributed by atoms with Crippen LogP contribution in [0.1, 0.15) is 52.5 Å². The molecule has 1 unspecified atom stereocenters. The maximum Gasteiger partial charge on any atom is 0.240 e. The van der Waals surface area contributed by atoms with Crippen LogP contribution in [0.3, 0.4) is 0 Å². The maximum atomic E-state index is 12.7. The lowest BCUT2D eigenvalue weighted by atomic mass is 9.85. The third-order valence-electron chi connectivity index (χ3n) is 4.73. The summed E-state index contributed by atoms with van der Waals surface area (Å²) in [6, 6.07) is 8.76. The smallest absolute Gasteiger partial charge is 0.240 e. The van der Waals surface area contributed by atoms with Gasteiger partial charge in [-0.05, 0) is 43.4 Å². The normalized spacial score (nSPS) is 20.0. The number of likely N-dealkylation sites (tertiary alicyclic amines) is 1. The highest BCUT2D eigenvalue weighted by Crippen LogP contribution is 2.31. The predicted octanol–water partition coefficient (Wildman–Crippen LogP) is 3.82. The molecule has 0 N–H and O–H groups in total. The maximum absolute atomic E-state index is 12.7. The number of nitrogens with zero attached hydrogens (tertiary/aromatic N) is 2. The minimum Gasteiger partial charge on any atom is -0.314 e. The summed E-state index contributed by atoms with van der Waals surface area (Å²) in [5.74, 6) is 0.186. The topological polar surface area (TPSA) is 23.6 Å². The Labute approximate surface area is 135 Å². The molecule has 1 atom stereocenters. The summed E-state index contributed by atoms with van der Waals surface area (Å²) in [7, 11) is 1.90. The average Bonchev–Trinajstić information content (AvgIpc) is 2.48. The van der Waals surface area contributed by atoms with E-state index in [1.54, 1.807) is 0 Å². The molecular formula is C19H30N2O. The van der Waals surface area contributed by atoms with Gasteiger partial charge in [0.25, 0.3) is 0 Å². The molecule has 1 saturated heterocycles. The lowest BCUT2D eigenvalue weighted by molar-refractivity contribution is -0.120. The van der Waals surface area contributed by atoms with E-state index in [1.807, 2.05) is 18.0 Å². The number of hydrogen-bond donors (Lipinski definition) is 0. The van der Waals surface area contributed by atoms with E-state index >= 15 is 0 Å². The minimum atomic E-state index is 0.0313. The molecule has 0 aliphatic carbocycles. The number of amides is 1. The van der Waals surface area contributed by atoms with Crippen molar-refractivity contribution in [3.8, 4) is 0 Å². The quantitative estimate of drug-likeness (QED) is 0.847. The Kier molecular flexibility index (Phi) is 5.28. The zero-order valence-electron chi connectivity index (χ0n) is 14.7. The molecule has 1 fully saturated rings. The number of carbonyl (C=O) groups is 1. The molecule has 1 aliphatic heterocycles. The first-order chi connectivity index (χ1) is 10.3. The summed E-state index contributed by atoms with van der Waals surface area (Å²) >= 11 is 0. The van der Waals surface area contributed by atoms with Crippen molar-refractivity contribution in [2.75, 3.05) is 25.0 Å². The van der Waals surface area contributed by atoms with Crippen LogP contribution in [-0.2, 0) is 10.2 Å². The van der Waals surface area contributed by atoms with E-state index in [2.05, 4.69) is 50.8 Å². The summed E-state index contributed by atoms with van der Waals surface area (Å²) in [5, 5.41) is 0. The molecule has 1 heterocycles. The fourth-order valence-electron chi connectivity index (χ4n) is 3.21. The number of hydrogen-bond acceptors (Lipinski definition) is 2. The van der Waals surface area contributed by atoms with Crippen molar-refractivity contribution in [1.29, 1.82) is 0 Å². The van der Waals surface area contributed by atoms with Gasteiger partial charge < -0.3 is 4.90 Å². The van der Waals surface area contributed by atoms with Crippen LogP contribution < -0.4 is 4.90 Å². The first-order valence-corrected chi connectivity index (χ1v) is 8.41. The molecule has 1 aromatic rings. The molecule has 22 heavy (non-hydrogen) atoms. The number of para-hydroxylation sites is 1. The van der Waals surface area contributed by atoms with E-state index < -0.39 is 0 Å². The summed E-state index contributed by atoms with van der Waals surface area (Å²) < 4.78 is 0. The molecule has 0 aromatic heterocycles. The molecule has 0 bridgehead atoms. The predicted molar refractivity (Wildman–Crippen MR) is 93.4 cm³/mol. The number of anilines is 1. The third kappa shape index (κ3) is 3.89. The lowest BCUT2D eigenvalue weighted by Crippen LogP contribution is -2.45. The van der Waals surface area contributed by atoms with Gasteiger partial charge in [0.15, 0.2) is 0 Å². The molecule has 0 radical (unpaired) electrons. The standard InChI is InChI=1S/C19H30N2O/c1-15-10-8-9-13-21(15)14-18(22)20(5)17-12-7-6-11-16(17)19(2,3)4/h6-7,11-12,15H,8-10,13-14H2,1-5H3. The number of benzene rings is 1. The number of likely N-dealkylation sites (N-methyl/N-ethyl adjacent to an activating group) is 1. The van der Waals surface area contributed by atoms with Gasteiger partial charge in [-0.1, -0.05) is 45.4 Å². The highest BCUT2D eigenvalue weighted by Gasteiger charge is 2.25. The molecule has 2 rings (SSSR count). The summed E-state index contributed by atoms with van der Waals surface area (Å²) in [4.78, 5) is 16.9. The first kappa shape index (κ1) is 17.0. The Balaban J connectivity index is 2.14. The third-order valence-corrected chi connectivity index (χ3v) is 4.73. The van der Waals surface area contributed by atoms with E-state index in [-0.39, 0.29) is 11.3 Å². The van der Waals surface area contributed by atoms with Crippen molar-refractivity contribution in [2.45, 2.75) is 58.4 Å². The molecule has 122 valence electrons. The zero-order chi connectivity index (χ0) is 16.3. The van der Waals surface area contributed by atoms with Crippen molar-refractivity contribution < 1.29 is 4.79 Å². The Hall–Kier alpha value is -1.35. The van der Waals surface area contributed by atoms with Crippen LogP contribution in [0.5, 0.6) is 0 Å². The van der Waals surface area contributed by atoms with E-state index in [9.17, 15) is 4.79 Å². The van der Waals surface area contributed by atoms with E-state index in [1.165, 1.54) is 24.8 Å². The highest BCUT2D eigenvalue weighted by molar-refractivity contribution is 5.95. The van der Waals surface area contributed by atoms with Gasteiger partial charge in [0, 0.05) is 18.8 Å². The summed E-state index contributed by atoms with van der Waals surface area (Å²) in [5.41, 5.74) is 2.28. The van der Waals surface area contributed by atoms with Gasteiger partial charge in [-0.15, -0.1) is 0 Å². The van der Waals surface area contributed by atoms with Gasteiger partial charge in [-0.2, -0.15) is 0 Å². The van der Waals surface area contributed by atoms with Crippen LogP contribution in [0.25, 0.3) is 0 Å². The Morgan fingerprint density at radius 1 is 1.27 bits per heavy atom. The Bertz CT molecular complexity index is 518. The number of rotatable bonds is 3. The molecule has 1 aliphatic rings. The van der Waals surface area contributed by atoms with Crippen molar-refractivity contribution >= 4 is 11.6 Å². The van der Waals surface area contributed by atoms with Crippen LogP contribution in [0.4, 0.5) is 5.69 Å². The van der Waals surface area contributed by atoms with Crippen LogP contribution in [0.2, 0.25) is 0 Å². The number of piperidine rings is 1. The second kappa shape index (κ2) is 6.82. The average molecular weight is 302 g/mol. The molecule has 1 aromatic carbocycles. The van der Waals surface area contributed by atoms with Crippen LogP contribution in [0.15, 0.2) is 24.3 Å².